The molecule has 1 fully saturated rings. The molecule has 8 nitrogen and oxygen atoms in total. The highest BCUT2D eigenvalue weighted by Gasteiger charge is 2.30. The molecule has 1 heterocycles. The average Bonchev–Trinajstić information content (AvgIpc) is 2.60. The fourth-order valence-electron chi connectivity index (χ4n) is 3.19. The molecule has 0 spiro atoms. The van der Waals surface area contributed by atoms with Crippen molar-refractivity contribution < 1.29 is 18.0 Å². The molecule has 0 radical (unpaired) electrons. The Kier molecular flexibility index (Phi) is 6.96. The van der Waals surface area contributed by atoms with Gasteiger partial charge in [-0.05, 0) is 56.9 Å². The van der Waals surface area contributed by atoms with E-state index in [-0.39, 0.29) is 28.7 Å². The number of nitrogens with zero attached hydrogens (tertiary/aromatic N) is 1. The van der Waals surface area contributed by atoms with Crippen molar-refractivity contribution in [1.82, 2.24) is 9.62 Å². The molecule has 27 heavy (non-hydrogen) atoms. The zero-order valence-electron chi connectivity index (χ0n) is 15.9. The van der Waals surface area contributed by atoms with Crippen LogP contribution in [0, 0.1) is 5.92 Å². The second-order valence-corrected chi connectivity index (χ2v) is 8.81. The van der Waals surface area contributed by atoms with Gasteiger partial charge in [-0.25, -0.2) is 8.42 Å². The van der Waals surface area contributed by atoms with Crippen molar-refractivity contribution >= 4 is 27.5 Å². The van der Waals surface area contributed by atoms with Crippen LogP contribution in [-0.2, 0) is 19.6 Å². The Bertz CT molecular complexity index is 777. The van der Waals surface area contributed by atoms with Gasteiger partial charge in [-0.1, -0.05) is 0 Å². The van der Waals surface area contributed by atoms with Crippen molar-refractivity contribution in [3.63, 3.8) is 0 Å². The third kappa shape index (κ3) is 5.75. The van der Waals surface area contributed by atoms with Gasteiger partial charge in [-0.2, -0.15) is 4.72 Å². The van der Waals surface area contributed by atoms with Gasteiger partial charge in [0.1, 0.15) is 0 Å². The Labute approximate surface area is 160 Å². The lowest BCUT2D eigenvalue weighted by atomic mass is 9.92. The number of anilines is 1. The third-order valence-corrected chi connectivity index (χ3v) is 6.26. The molecule has 2 rings (SSSR count). The predicted octanol–water partition coefficient (Wildman–Crippen LogP) is 0.898. The molecule has 0 saturated carbocycles. The normalized spacial score (nSPS) is 20.0. The highest BCUT2D eigenvalue weighted by atomic mass is 32.2. The zero-order valence-corrected chi connectivity index (χ0v) is 16.8. The summed E-state index contributed by atoms with van der Waals surface area (Å²) in [4.78, 5) is 25.4. The van der Waals surface area contributed by atoms with Gasteiger partial charge < -0.3 is 16.0 Å². The number of hydrogen-bond acceptors (Lipinski definition) is 5. The molecular formula is C18H28N4O4S. The lowest BCUT2D eigenvalue weighted by Gasteiger charge is -2.36. The SMILES string of the molecule is CC(=O)Nc1ccc(S(=O)(=O)NC(C)C(=O)N2CCCC(C(C)N)C2)cc1. The molecule has 3 unspecified atom stereocenters. The molecule has 4 N–H and O–H groups in total. The number of likely N-dealkylation sites (tertiary alicyclic amines) is 1. The molecule has 0 aromatic heterocycles. The van der Waals surface area contributed by atoms with Crippen LogP contribution in [0.15, 0.2) is 29.2 Å². The summed E-state index contributed by atoms with van der Waals surface area (Å²) in [7, 11) is -3.85. The Morgan fingerprint density at radius 1 is 1.22 bits per heavy atom. The van der Waals surface area contributed by atoms with Gasteiger partial charge in [0.05, 0.1) is 10.9 Å². The molecule has 3 atom stereocenters. The average molecular weight is 397 g/mol. The van der Waals surface area contributed by atoms with Crippen molar-refractivity contribution in [3.05, 3.63) is 24.3 Å². The first-order valence-corrected chi connectivity index (χ1v) is 10.5. The van der Waals surface area contributed by atoms with Crippen LogP contribution in [-0.4, -0.2) is 50.3 Å². The van der Waals surface area contributed by atoms with Gasteiger partial charge in [0.15, 0.2) is 0 Å². The molecule has 1 aromatic rings. The zero-order chi connectivity index (χ0) is 20.2. The summed E-state index contributed by atoms with van der Waals surface area (Å²) >= 11 is 0. The number of rotatable bonds is 6. The number of nitrogens with one attached hydrogen (secondary N) is 2. The summed E-state index contributed by atoms with van der Waals surface area (Å²) in [5, 5.41) is 2.57. The highest BCUT2D eigenvalue weighted by Crippen LogP contribution is 2.20. The molecule has 1 aliphatic heterocycles. The molecular weight excluding hydrogens is 368 g/mol. The number of carbonyl (C=O) groups is 2. The van der Waals surface area contributed by atoms with Gasteiger partial charge in [-0.15, -0.1) is 0 Å². The topological polar surface area (TPSA) is 122 Å². The lowest BCUT2D eigenvalue weighted by Crippen LogP contribution is -2.51. The second-order valence-electron chi connectivity index (χ2n) is 7.09. The van der Waals surface area contributed by atoms with Crippen LogP contribution >= 0.6 is 0 Å². The van der Waals surface area contributed by atoms with Crippen LogP contribution in [0.2, 0.25) is 0 Å². The molecule has 1 aliphatic rings. The summed E-state index contributed by atoms with van der Waals surface area (Å²) < 4.78 is 27.5. The summed E-state index contributed by atoms with van der Waals surface area (Å²) in [6.07, 6.45) is 1.84. The van der Waals surface area contributed by atoms with Crippen LogP contribution in [0.1, 0.15) is 33.6 Å². The number of hydrogen-bond donors (Lipinski definition) is 3. The first-order valence-electron chi connectivity index (χ1n) is 9.04. The Morgan fingerprint density at radius 3 is 2.41 bits per heavy atom. The van der Waals surface area contributed by atoms with Gasteiger partial charge >= 0.3 is 0 Å². The summed E-state index contributed by atoms with van der Waals surface area (Å²) in [6.45, 7) is 6.00. The maximum Gasteiger partial charge on any atom is 0.241 e. The first-order chi connectivity index (χ1) is 12.6. The van der Waals surface area contributed by atoms with E-state index in [2.05, 4.69) is 10.0 Å². The van der Waals surface area contributed by atoms with Crippen molar-refractivity contribution in [3.8, 4) is 0 Å². The summed E-state index contributed by atoms with van der Waals surface area (Å²) in [6, 6.07) is 4.89. The molecule has 0 bridgehead atoms. The number of piperidine rings is 1. The Balaban J connectivity index is 2.03. The van der Waals surface area contributed by atoms with Crippen molar-refractivity contribution in [2.45, 2.75) is 50.6 Å². The Hall–Kier alpha value is -1.97. The van der Waals surface area contributed by atoms with Crippen molar-refractivity contribution in [2.75, 3.05) is 18.4 Å². The number of benzene rings is 1. The Morgan fingerprint density at radius 2 is 1.85 bits per heavy atom. The van der Waals surface area contributed by atoms with E-state index >= 15 is 0 Å². The fourth-order valence-corrected chi connectivity index (χ4v) is 4.38. The molecule has 9 heteroatoms. The highest BCUT2D eigenvalue weighted by molar-refractivity contribution is 7.89. The van der Waals surface area contributed by atoms with E-state index in [0.717, 1.165) is 12.8 Å². The van der Waals surface area contributed by atoms with Crippen LogP contribution < -0.4 is 15.8 Å². The van der Waals surface area contributed by atoms with Crippen molar-refractivity contribution in [2.24, 2.45) is 11.7 Å². The number of amides is 2. The minimum atomic E-state index is -3.85. The smallest absolute Gasteiger partial charge is 0.241 e. The summed E-state index contributed by atoms with van der Waals surface area (Å²) in [5.41, 5.74) is 6.45. The molecule has 1 aromatic carbocycles. The van der Waals surface area contributed by atoms with Gasteiger partial charge in [0, 0.05) is 31.7 Å². The van der Waals surface area contributed by atoms with Gasteiger partial charge in [0.2, 0.25) is 21.8 Å². The van der Waals surface area contributed by atoms with Crippen LogP contribution in [0.3, 0.4) is 0 Å². The number of nitrogens with two attached hydrogens (primary N) is 1. The van der Waals surface area contributed by atoms with E-state index in [1.165, 1.54) is 31.2 Å². The van der Waals surface area contributed by atoms with Crippen LogP contribution in [0.5, 0.6) is 0 Å². The van der Waals surface area contributed by atoms with Crippen LogP contribution in [0.4, 0.5) is 5.69 Å². The quantitative estimate of drug-likeness (QED) is 0.659. The number of sulfonamides is 1. The monoisotopic (exact) mass is 396 g/mol. The van der Waals surface area contributed by atoms with E-state index in [1.54, 1.807) is 11.8 Å². The van der Waals surface area contributed by atoms with Gasteiger partial charge in [0.25, 0.3) is 0 Å². The predicted molar refractivity (Wildman–Crippen MR) is 103 cm³/mol. The largest absolute Gasteiger partial charge is 0.341 e. The van der Waals surface area contributed by atoms with E-state index in [9.17, 15) is 18.0 Å². The maximum atomic E-state index is 12.7. The molecule has 0 aliphatic carbocycles. The standard InChI is InChI=1S/C18H28N4O4S/c1-12(19)15-5-4-10-22(11-15)18(24)13(2)21-27(25,26)17-8-6-16(7-9-17)20-14(3)23/h6-9,12-13,15,21H,4-5,10-11,19H2,1-3H3,(H,20,23). The van der Waals surface area contributed by atoms with E-state index in [0.29, 0.717) is 18.8 Å². The minimum Gasteiger partial charge on any atom is -0.341 e. The fraction of sp³-hybridized carbons (Fsp3) is 0.556. The third-order valence-electron chi connectivity index (χ3n) is 4.70. The van der Waals surface area contributed by atoms with E-state index in [1.807, 2.05) is 6.92 Å². The van der Waals surface area contributed by atoms with Crippen LogP contribution in [0.25, 0.3) is 0 Å². The molecule has 1 saturated heterocycles. The van der Waals surface area contributed by atoms with Gasteiger partial charge in [-0.3, -0.25) is 9.59 Å². The first kappa shape index (κ1) is 21.3. The number of carbonyl (C=O) groups excluding carboxylic acids is 2. The van der Waals surface area contributed by atoms with E-state index in [4.69, 9.17) is 5.73 Å². The van der Waals surface area contributed by atoms with Crippen molar-refractivity contribution in [1.29, 1.82) is 0 Å². The molecule has 150 valence electrons. The summed E-state index contributed by atoms with van der Waals surface area (Å²) in [5.74, 6) is -0.263. The molecule has 2 amide bonds. The minimum absolute atomic E-state index is 0.00488. The lowest BCUT2D eigenvalue weighted by molar-refractivity contribution is -0.134. The van der Waals surface area contributed by atoms with E-state index < -0.39 is 16.1 Å². The maximum absolute atomic E-state index is 12.7. The second kappa shape index (κ2) is 8.81.